The third-order valence-corrected chi connectivity index (χ3v) is 5.73. The number of alkyl halides is 3. The van der Waals surface area contributed by atoms with E-state index in [1.54, 1.807) is 41.1 Å². The number of ether oxygens (including phenoxy) is 1. The first kappa shape index (κ1) is 23.3. The number of hydrogen-bond donors (Lipinski definition) is 1. The molecule has 0 spiro atoms. The number of halogens is 3. The van der Waals surface area contributed by atoms with Gasteiger partial charge in [0.15, 0.2) is 5.82 Å². The molecule has 4 rings (SSSR count). The Kier molecular flexibility index (Phi) is 6.28. The van der Waals surface area contributed by atoms with Crippen molar-refractivity contribution in [1.82, 2.24) is 9.55 Å². The Morgan fingerprint density at radius 1 is 1.15 bits per heavy atom. The molecule has 9 heteroatoms. The minimum absolute atomic E-state index is 0.106. The summed E-state index contributed by atoms with van der Waals surface area (Å²) in [6.07, 6.45) is 3.92. The topological polar surface area (TPSA) is 81.4 Å². The Morgan fingerprint density at radius 2 is 1.88 bits per heavy atom. The van der Waals surface area contributed by atoms with Crippen LogP contribution in [0.2, 0.25) is 0 Å². The Labute approximate surface area is 193 Å². The van der Waals surface area contributed by atoms with Crippen LogP contribution in [0.5, 0.6) is 5.75 Å². The average Bonchev–Trinajstić information content (AvgIpc) is 3.24. The molecule has 0 aliphatic heterocycles. The van der Waals surface area contributed by atoms with Gasteiger partial charge in [-0.05, 0) is 49.1 Å². The molecule has 1 aromatic heterocycles. The fourth-order valence-electron chi connectivity index (χ4n) is 3.67. The van der Waals surface area contributed by atoms with Gasteiger partial charge >= 0.3 is 12.1 Å². The van der Waals surface area contributed by atoms with Gasteiger partial charge in [0.25, 0.3) is 0 Å². The molecule has 34 heavy (non-hydrogen) atoms. The molecule has 0 atom stereocenters. The van der Waals surface area contributed by atoms with E-state index in [1.807, 2.05) is 6.07 Å². The van der Waals surface area contributed by atoms with Gasteiger partial charge in [0.05, 0.1) is 5.56 Å². The number of ketones is 1. The molecule has 0 unspecified atom stereocenters. The number of aromatic nitrogens is 2. The van der Waals surface area contributed by atoms with E-state index < -0.39 is 29.1 Å². The molecule has 1 heterocycles. The van der Waals surface area contributed by atoms with Crippen molar-refractivity contribution in [2.45, 2.75) is 37.6 Å². The van der Waals surface area contributed by atoms with E-state index in [2.05, 4.69) is 4.98 Å². The fourth-order valence-corrected chi connectivity index (χ4v) is 3.67. The van der Waals surface area contributed by atoms with E-state index in [9.17, 15) is 27.9 Å². The summed E-state index contributed by atoms with van der Waals surface area (Å²) in [4.78, 5) is 28.3. The zero-order chi connectivity index (χ0) is 24.3. The van der Waals surface area contributed by atoms with Crippen LogP contribution in [-0.4, -0.2) is 32.0 Å². The van der Waals surface area contributed by atoms with Gasteiger partial charge < -0.3 is 14.4 Å². The minimum Gasteiger partial charge on any atom is -0.478 e. The van der Waals surface area contributed by atoms with Crippen LogP contribution < -0.4 is 4.74 Å². The third-order valence-electron chi connectivity index (χ3n) is 5.73. The van der Waals surface area contributed by atoms with Crippen LogP contribution in [0.1, 0.15) is 46.6 Å². The van der Waals surface area contributed by atoms with Gasteiger partial charge in [-0.15, -0.1) is 0 Å². The molecule has 1 saturated carbocycles. The number of carboxylic acid groups (broad SMARTS) is 1. The Morgan fingerprint density at radius 3 is 2.50 bits per heavy atom. The quantitative estimate of drug-likeness (QED) is 0.456. The summed E-state index contributed by atoms with van der Waals surface area (Å²) in [6.45, 7) is 0.297. The molecule has 0 saturated heterocycles. The van der Waals surface area contributed by atoms with Crippen molar-refractivity contribution in [3.8, 4) is 5.75 Å². The Balaban J connectivity index is 1.44. The molecule has 176 valence electrons. The van der Waals surface area contributed by atoms with Crippen LogP contribution in [-0.2, 0) is 17.5 Å². The number of imidazole rings is 1. The minimum atomic E-state index is -4.47. The summed E-state index contributed by atoms with van der Waals surface area (Å²) in [5, 5.41) is 9.44. The van der Waals surface area contributed by atoms with E-state index >= 15 is 0 Å². The number of benzene rings is 2. The highest BCUT2D eigenvalue weighted by atomic mass is 19.4. The highest BCUT2D eigenvalue weighted by Gasteiger charge is 2.47. The third kappa shape index (κ3) is 4.88. The maximum atomic E-state index is 12.8. The Hall–Kier alpha value is -3.88. The number of carbonyl (C=O) groups is 2. The van der Waals surface area contributed by atoms with Crippen LogP contribution in [0, 0.1) is 0 Å². The maximum Gasteiger partial charge on any atom is 0.416 e. The number of carbonyl (C=O) groups excluding carboxylic acids is 1. The fraction of sp³-hybridized carbons (Fsp3) is 0.240. The first-order valence-corrected chi connectivity index (χ1v) is 10.6. The normalized spacial score (nSPS) is 15.1. The van der Waals surface area contributed by atoms with E-state index in [-0.39, 0.29) is 11.4 Å². The van der Waals surface area contributed by atoms with Crippen molar-refractivity contribution in [3.63, 3.8) is 0 Å². The lowest BCUT2D eigenvalue weighted by Gasteiger charge is -2.37. The van der Waals surface area contributed by atoms with Crippen molar-refractivity contribution in [1.29, 1.82) is 0 Å². The summed E-state index contributed by atoms with van der Waals surface area (Å²) in [5.41, 5.74) is -1.09. The van der Waals surface area contributed by atoms with Gasteiger partial charge in [-0.2, -0.15) is 13.2 Å². The standard InChI is InChI=1S/C25H21F3N2O4/c26-25(27,28)19-9-7-18(8-10-19)21(31)22-29-13-15-30(22)14-2-5-17-4-1-6-20(16-17)34-24(23(32)33)11-3-12-24/h1-2,4-10,13,15-16H,3,11-12,14H2,(H,32,33)/b5-2+. The highest BCUT2D eigenvalue weighted by molar-refractivity contribution is 6.06. The second-order valence-electron chi connectivity index (χ2n) is 8.04. The number of allylic oxidation sites excluding steroid dienone is 1. The average molecular weight is 470 g/mol. The lowest BCUT2D eigenvalue weighted by Crippen LogP contribution is -2.50. The summed E-state index contributed by atoms with van der Waals surface area (Å²) in [5.74, 6) is -0.882. The molecule has 1 aliphatic rings. The Bertz CT molecular complexity index is 1230. The molecule has 3 aromatic rings. The summed E-state index contributed by atoms with van der Waals surface area (Å²) in [6, 6.07) is 11.1. The maximum absolute atomic E-state index is 12.8. The second-order valence-corrected chi connectivity index (χ2v) is 8.04. The highest BCUT2D eigenvalue weighted by Crippen LogP contribution is 2.37. The van der Waals surface area contributed by atoms with Crippen molar-refractivity contribution in [3.05, 3.63) is 89.5 Å². The van der Waals surface area contributed by atoms with Crippen LogP contribution in [0.15, 0.2) is 67.0 Å². The van der Waals surface area contributed by atoms with Gasteiger partial charge in [0, 0.05) is 24.5 Å². The predicted octanol–water partition coefficient (Wildman–Crippen LogP) is 5.23. The summed E-state index contributed by atoms with van der Waals surface area (Å²) < 4.78 is 45.6. The monoisotopic (exact) mass is 470 g/mol. The van der Waals surface area contributed by atoms with E-state index in [0.29, 0.717) is 25.1 Å². The van der Waals surface area contributed by atoms with Gasteiger partial charge in [-0.3, -0.25) is 4.79 Å². The smallest absolute Gasteiger partial charge is 0.416 e. The van der Waals surface area contributed by atoms with E-state index in [1.165, 1.54) is 6.20 Å². The molecular weight excluding hydrogens is 449 g/mol. The molecule has 6 nitrogen and oxygen atoms in total. The lowest BCUT2D eigenvalue weighted by molar-refractivity contribution is -0.163. The van der Waals surface area contributed by atoms with Crippen LogP contribution >= 0.6 is 0 Å². The first-order valence-electron chi connectivity index (χ1n) is 10.6. The second kappa shape index (κ2) is 9.17. The van der Waals surface area contributed by atoms with Crippen molar-refractivity contribution >= 4 is 17.8 Å². The zero-order valence-electron chi connectivity index (χ0n) is 18.0. The van der Waals surface area contributed by atoms with Crippen molar-refractivity contribution < 1.29 is 32.6 Å². The summed E-state index contributed by atoms with van der Waals surface area (Å²) in [7, 11) is 0. The molecule has 1 fully saturated rings. The molecule has 0 amide bonds. The molecular formula is C25H21F3N2O4. The number of hydrogen-bond acceptors (Lipinski definition) is 4. The van der Waals surface area contributed by atoms with E-state index in [4.69, 9.17) is 4.74 Å². The van der Waals surface area contributed by atoms with Gasteiger partial charge in [-0.25, -0.2) is 9.78 Å². The number of nitrogens with zero attached hydrogens (tertiary/aromatic N) is 2. The largest absolute Gasteiger partial charge is 0.478 e. The van der Waals surface area contributed by atoms with Gasteiger partial charge in [0.2, 0.25) is 11.4 Å². The van der Waals surface area contributed by atoms with E-state index in [0.717, 1.165) is 36.2 Å². The van der Waals surface area contributed by atoms with Gasteiger partial charge in [0.1, 0.15) is 5.75 Å². The van der Waals surface area contributed by atoms with Gasteiger partial charge in [-0.1, -0.05) is 36.4 Å². The molecule has 1 aliphatic carbocycles. The number of aliphatic carboxylic acids is 1. The number of carboxylic acids is 1. The van der Waals surface area contributed by atoms with Crippen molar-refractivity contribution in [2.75, 3.05) is 0 Å². The van der Waals surface area contributed by atoms with Crippen LogP contribution in [0.3, 0.4) is 0 Å². The van der Waals surface area contributed by atoms with Crippen molar-refractivity contribution in [2.24, 2.45) is 0 Å². The SMILES string of the molecule is O=C(c1ccc(C(F)(F)F)cc1)c1nccn1C/C=C/c1cccc(OC2(C(=O)O)CCC2)c1. The zero-order valence-corrected chi connectivity index (χ0v) is 18.0. The predicted molar refractivity (Wildman–Crippen MR) is 117 cm³/mol. The lowest BCUT2D eigenvalue weighted by atomic mass is 9.80. The first-order chi connectivity index (χ1) is 16.2. The molecule has 0 radical (unpaired) electrons. The van der Waals surface area contributed by atoms with Crippen LogP contribution in [0.4, 0.5) is 13.2 Å². The molecule has 0 bridgehead atoms. The number of rotatable bonds is 8. The molecule has 1 N–H and O–H groups in total. The summed E-state index contributed by atoms with van der Waals surface area (Å²) >= 11 is 0. The molecule has 2 aromatic carbocycles. The van der Waals surface area contributed by atoms with Crippen LogP contribution in [0.25, 0.3) is 6.08 Å².